The highest BCUT2D eigenvalue weighted by atomic mass is 79.9. The van der Waals surface area contributed by atoms with Crippen LogP contribution in [0, 0.1) is 13.8 Å². The Labute approximate surface area is 92.6 Å². The predicted octanol–water partition coefficient (Wildman–Crippen LogP) is 2.60. The first-order valence-corrected chi connectivity index (χ1v) is 5.29. The van der Waals surface area contributed by atoms with Gasteiger partial charge in [-0.05, 0) is 44.0 Å². The van der Waals surface area contributed by atoms with Crippen LogP contribution in [0.3, 0.4) is 0 Å². The monoisotopic (exact) mass is 255 g/mol. The third-order valence-electron chi connectivity index (χ3n) is 2.18. The van der Waals surface area contributed by atoms with Crippen LogP contribution in [0.4, 0.5) is 0 Å². The number of benzene rings is 1. The number of carbonyl (C=O) groups excluding carboxylic acids is 1. The zero-order valence-electron chi connectivity index (χ0n) is 8.60. The average molecular weight is 256 g/mol. The van der Waals surface area contributed by atoms with Gasteiger partial charge in [0.25, 0.3) is 0 Å². The van der Waals surface area contributed by atoms with E-state index in [1.165, 1.54) is 0 Å². The number of hydrogen-bond acceptors (Lipinski definition) is 2. The van der Waals surface area contributed by atoms with E-state index in [2.05, 4.69) is 15.9 Å². The topological polar surface area (TPSA) is 43.1 Å². The maximum Gasteiger partial charge on any atom is 0.179 e. The first-order valence-electron chi connectivity index (χ1n) is 4.50. The molecule has 0 amide bonds. The lowest BCUT2D eigenvalue weighted by Crippen LogP contribution is -2.27. The number of Topliss-reactive ketones (excluding diaryl/α,β-unsaturated/α-hetero) is 1. The van der Waals surface area contributed by atoms with E-state index in [1.807, 2.05) is 26.0 Å². The number of halogens is 1. The van der Waals surface area contributed by atoms with Gasteiger partial charge in [-0.2, -0.15) is 0 Å². The van der Waals surface area contributed by atoms with E-state index in [0.717, 1.165) is 21.2 Å². The number of aryl methyl sites for hydroxylation is 2. The van der Waals surface area contributed by atoms with E-state index in [1.54, 1.807) is 6.92 Å². The van der Waals surface area contributed by atoms with Crippen molar-refractivity contribution in [1.29, 1.82) is 0 Å². The zero-order chi connectivity index (χ0) is 10.9. The molecule has 0 spiro atoms. The Balaban J connectivity index is 3.22. The SMILES string of the molecule is Cc1cc(C(=O)C(C)N)c(C)cc1Br. The van der Waals surface area contributed by atoms with Gasteiger partial charge in [0, 0.05) is 10.0 Å². The van der Waals surface area contributed by atoms with E-state index in [9.17, 15) is 4.79 Å². The maximum atomic E-state index is 11.7. The van der Waals surface area contributed by atoms with Gasteiger partial charge in [0.05, 0.1) is 6.04 Å². The zero-order valence-corrected chi connectivity index (χ0v) is 10.2. The highest BCUT2D eigenvalue weighted by Gasteiger charge is 2.14. The second kappa shape index (κ2) is 4.24. The normalized spacial score (nSPS) is 12.6. The third-order valence-corrected chi connectivity index (χ3v) is 3.04. The first-order chi connectivity index (χ1) is 6.43. The molecule has 0 saturated heterocycles. The van der Waals surface area contributed by atoms with Crippen LogP contribution in [0.15, 0.2) is 16.6 Å². The van der Waals surface area contributed by atoms with Crippen LogP contribution < -0.4 is 5.73 Å². The molecular formula is C11H14BrNO. The first kappa shape index (κ1) is 11.4. The molecule has 1 aromatic carbocycles. The summed E-state index contributed by atoms with van der Waals surface area (Å²) in [5.74, 6) is -0.00176. The molecule has 14 heavy (non-hydrogen) atoms. The summed E-state index contributed by atoms with van der Waals surface area (Å²) in [5, 5.41) is 0. The van der Waals surface area contributed by atoms with Crippen LogP contribution in [0.1, 0.15) is 28.4 Å². The standard InChI is InChI=1S/C11H14BrNO/c1-6-5-10(12)7(2)4-9(6)11(14)8(3)13/h4-5,8H,13H2,1-3H3. The molecule has 0 bridgehead atoms. The quantitative estimate of drug-likeness (QED) is 0.826. The molecule has 0 radical (unpaired) electrons. The second-order valence-corrected chi connectivity index (χ2v) is 4.42. The van der Waals surface area contributed by atoms with Crippen molar-refractivity contribution in [3.8, 4) is 0 Å². The van der Waals surface area contributed by atoms with Crippen LogP contribution in [-0.4, -0.2) is 11.8 Å². The van der Waals surface area contributed by atoms with Crippen molar-refractivity contribution in [2.45, 2.75) is 26.8 Å². The lowest BCUT2D eigenvalue weighted by atomic mass is 9.99. The molecule has 2 N–H and O–H groups in total. The Kier molecular flexibility index (Phi) is 3.45. The number of carbonyl (C=O) groups is 1. The van der Waals surface area contributed by atoms with Gasteiger partial charge in [-0.25, -0.2) is 0 Å². The van der Waals surface area contributed by atoms with Crippen molar-refractivity contribution in [2.75, 3.05) is 0 Å². The Hall–Kier alpha value is -0.670. The van der Waals surface area contributed by atoms with Crippen LogP contribution in [0.2, 0.25) is 0 Å². The molecule has 1 unspecified atom stereocenters. The van der Waals surface area contributed by atoms with E-state index >= 15 is 0 Å². The van der Waals surface area contributed by atoms with Crippen LogP contribution in [0.5, 0.6) is 0 Å². The van der Waals surface area contributed by atoms with Crippen molar-refractivity contribution in [1.82, 2.24) is 0 Å². The summed E-state index contributed by atoms with van der Waals surface area (Å²) in [4.78, 5) is 11.7. The minimum absolute atomic E-state index is 0.00176. The summed E-state index contributed by atoms with van der Waals surface area (Å²) in [7, 11) is 0. The molecule has 0 heterocycles. The molecule has 2 nitrogen and oxygen atoms in total. The minimum atomic E-state index is -0.436. The fraction of sp³-hybridized carbons (Fsp3) is 0.364. The number of hydrogen-bond donors (Lipinski definition) is 1. The third kappa shape index (κ3) is 2.22. The maximum absolute atomic E-state index is 11.7. The number of rotatable bonds is 2. The molecule has 0 aliphatic rings. The second-order valence-electron chi connectivity index (χ2n) is 3.57. The van der Waals surface area contributed by atoms with Gasteiger partial charge in [-0.15, -0.1) is 0 Å². The largest absolute Gasteiger partial charge is 0.321 e. The molecule has 0 saturated carbocycles. The Morgan fingerprint density at radius 2 is 1.93 bits per heavy atom. The summed E-state index contributed by atoms with van der Waals surface area (Å²) in [5.41, 5.74) is 8.30. The summed E-state index contributed by atoms with van der Waals surface area (Å²) in [6, 6.07) is 3.39. The molecular weight excluding hydrogens is 242 g/mol. The molecule has 0 fully saturated rings. The Morgan fingerprint density at radius 1 is 1.36 bits per heavy atom. The van der Waals surface area contributed by atoms with Gasteiger partial charge in [0.2, 0.25) is 0 Å². The molecule has 1 rings (SSSR count). The van der Waals surface area contributed by atoms with Crippen molar-refractivity contribution in [2.24, 2.45) is 5.73 Å². The van der Waals surface area contributed by atoms with Crippen LogP contribution >= 0.6 is 15.9 Å². The molecule has 76 valence electrons. The lowest BCUT2D eigenvalue weighted by Gasteiger charge is -2.10. The van der Waals surface area contributed by atoms with E-state index in [0.29, 0.717) is 0 Å². The Bertz CT molecular complexity index is 372. The highest BCUT2D eigenvalue weighted by Crippen LogP contribution is 2.21. The minimum Gasteiger partial charge on any atom is -0.321 e. The van der Waals surface area contributed by atoms with Gasteiger partial charge in [-0.1, -0.05) is 15.9 Å². The number of ketones is 1. The van der Waals surface area contributed by atoms with Gasteiger partial charge in [0.1, 0.15) is 0 Å². The molecule has 0 aromatic heterocycles. The summed E-state index contributed by atoms with van der Waals surface area (Å²) in [6.07, 6.45) is 0. The molecule has 0 aliphatic heterocycles. The molecule has 1 atom stereocenters. The van der Waals surface area contributed by atoms with Crippen LogP contribution in [-0.2, 0) is 0 Å². The average Bonchev–Trinajstić information content (AvgIpc) is 2.10. The van der Waals surface area contributed by atoms with E-state index < -0.39 is 6.04 Å². The van der Waals surface area contributed by atoms with Gasteiger partial charge >= 0.3 is 0 Å². The van der Waals surface area contributed by atoms with Gasteiger partial charge < -0.3 is 5.73 Å². The highest BCUT2D eigenvalue weighted by molar-refractivity contribution is 9.10. The van der Waals surface area contributed by atoms with E-state index in [4.69, 9.17) is 5.73 Å². The smallest absolute Gasteiger partial charge is 0.179 e. The predicted molar refractivity (Wildman–Crippen MR) is 61.6 cm³/mol. The van der Waals surface area contributed by atoms with Crippen molar-refractivity contribution in [3.63, 3.8) is 0 Å². The van der Waals surface area contributed by atoms with Crippen molar-refractivity contribution >= 4 is 21.7 Å². The summed E-state index contributed by atoms with van der Waals surface area (Å²) >= 11 is 3.42. The van der Waals surface area contributed by atoms with Crippen LogP contribution in [0.25, 0.3) is 0 Å². The fourth-order valence-corrected chi connectivity index (χ4v) is 1.75. The van der Waals surface area contributed by atoms with Crippen molar-refractivity contribution in [3.05, 3.63) is 33.3 Å². The Morgan fingerprint density at radius 3 is 2.43 bits per heavy atom. The van der Waals surface area contributed by atoms with Gasteiger partial charge in [0.15, 0.2) is 5.78 Å². The van der Waals surface area contributed by atoms with Crippen molar-refractivity contribution < 1.29 is 4.79 Å². The van der Waals surface area contributed by atoms with E-state index in [-0.39, 0.29) is 5.78 Å². The molecule has 3 heteroatoms. The fourth-order valence-electron chi connectivity index (χ4n) is 1.29. The summed E-state index contributed by atoms with van der Waals surface area (Å²) < 4.78 is 1.02. The van der Waals surface area contributed by atoms with Gasteiger partial charge in [-0.3, -0.25) is 4.79 Å². The molecule has 0 aliphatic carbocycles. The lowest BCUT2D eigenvalue weighted by molar-refractivity contribution is 0.0967. The number of nitrogens with two attached hydrogens (primary N) is 1. The summed E-state index contributed by atoms with van der Waals surface area (Å²) in [6.45, 7) is 5.58. The molecule has 1 aromatic rings.